The minimum absolute atomic E-state index is 0.0464. The first-order valence-electron chi connectivity index (χ1n) is 19.6. The monoisotopic (exact) mass is 797 g/mol. The molecule has 6 heterocycles. The van der Waals surface area contributed by atoms with Crippen LogP contribution >= 0.6 is 0 Å². The third kappa shape index (κ3) is 6.87. The Morgan fingerprint density at radius 2 is 1.02 bits per heavy atom. The number of piperidine rings is 1. The normalized spacial score (nSPS) is 17.8. The van der Waals surface area contributed by atoms with Gasteiger partial charge in [-0.1, -0.05) is 60.7 Å². The number of carbonyl (C=O) groups is 3. The number of hydrogen-bond acceptors (Lipinski definition) is 9. The number of carbonyl (C=O) groups excluding carboxylic acids is 3. The van der Waals surface area contributed by atoms with E-state index in [1.807, 2.05) is 87.2 Å². The van der Waals surface area contributed by atoms with E-state index < -0.39 is 5.92 Å². The minimum atomic E-state index is -2.63. The van der Waals surface area contributed by atoms with Crippen molar-refractivity contribution in [3.8, 4) is 11.8 Å². The molecule has 300 valence electrons. The van der Waals surface area contributed by atoms with Crippen LogP contribution in [0.5, 0.6) is 11.8 Å². The maximum absolute atomic E-state index is 13.5. The van der Waals surface area contributed by atoms with Crippen molar-refractivity contribution in [2.75, 3.05) is 39.3 Å². The molecule has 2 aromatic heterocycles. The Labute approximate surface area is 337 Å². The van der Waals surface area contributed by atoms with Crippen LogP contribution in [0.4, 0.5) is 20.2 Å². The number of hydrogen-bond donors (Lipinski definition) is 2. The van der Waals surface area contributed by atoms with E-state index in [0.717, 1.165) is 29.5 Å². The predicted octanol–water partition coefficient (Wildman–Crippen LogP) is 7.14. The molecular formula is C45H41F2N7O5. The average Bonchev–Trinajstić information content (AvgIpc) is 3.93. The number of ketones is 2. The summed E-state index contributed by atoms with van der Waals surface area (Å²) in [5.41, 5.74) is 5.25. The van der Waals surface area contributed by atoms with E-state index in [0.29, 0.717) is 58.8 Å². The van der Waals surface area contributed by atoms with Crippen molar-refractivity contribution in [2.45, 2.75) is 39.0 Å². The third-order valence-corrected chi connectivity index (χ3v) is 11.6. The quantitative estimate of drug-likeness (QED) is 0.183. The van der Waals surface area contributed by atoms with Crippen molar-refractivity contribution < 1.29 is 33.4 Å². The maximum Gasteiger partial charge on any atom is 0.250 e. The maximum atomic E-state index is 13.5. The lowest BCUT2D eigenvalue weighted by atomic mass is 10.0. The van der Waals surface area contributed by atoms with E-state index in [1.165, 1.54) is 0 Å². The molecule has 12 nitrogen and oxygen atoms in total. The summed E-state index contributed by atoms with van der Waals surface area (Å²) in [7, 11) is 0. The summed E-state index contributed by atoms with van der Waals surface area (Å²) in [6.07, 6.45) is -0.388. The summed E-state index contributed by atoms with van der Waals surface area (Å²) in [6, 6.07) is 29.4. The van der Waals surface area contributed by atoms with Crippen LogP contribution in [0.15, 0.2) is 107 Å². The summed E-state index contributed by atoms with van der Waals surface area (Å²) in [5.74, 6) is -2.95. The molecule has 0 radical (unpaired) electrons. The van der Waals surface area contributed by atoms with E-state index in [1.54, 1.807) is 35.8 Å². The van der Waals surface area contributed by atoms with Gasteiger partial charge < -0.3 is 15.1 Å². The zero-order chi connectivity index (χ0) is 41.0. The number of aromatic nitrogens is 2. The molecule has 2 saturated heterocycles. The van der Waals surface area contributed by atoms with Crippen LogP contribution in [0, 0.1) is 0 Å². The Balaban J connectivity index is 0.000000152. The fourth-order valence-electron chi connectivity index (χ4n) is 8.42. The second-order valence-corrected chi connectivity index (χ2v) is 15.3. The van der Waals surface area contributed by atoms with E-state index in [9.17, 15) is 33.4 Å². The molecule has 10 rings (SSSR count). The SMILES string of the molecule is CC(=O)N1CCN(Cn2c(O)c(C3=Nc4ccccc4C3=O)c3ccccc32)CC1.O=C1C(c2c(O)n(CN3CCC(F)(F)CC3)c3ccccc23)=Nc2ccccc21. The van der Waals surface area contributed by atoms with Gasteiger partial charge in [0.1, 0.15) is 11.4 Å². The topological polar surface area (TPSA) is 136 Å². The first kappa shape index (κ1) is 38.0. The number of halogens is 2. The number of para-hydroxylation sites is 4. The molecule has 4 aliphatic heterocycles. The molecule has 59 heavy (non-hydrogen) atoms. The molecule has 0 atom stereocenters. The molecule has 0 unspecified atom stereocenters. The van der Waals surface area contributed by atoms with Crippen molar-refractivity contribution in [1.29, 1.82) is 0 Å². The Hall–Kier alpha value is -6.51. The van der Waals surface area contributed by atoms with E-state index in [4.69, 9.17) is 0 Å². The van der Waals surface area contributed by atoms with Gasteiger partial charge in [-0.2, -0.15) is 0 Å². The van der Waals surface area contributed by atoms with Gasteiger partial charge in [0.25, 0.3) is 5.92 Å². The van der Waals surface area contributed by atoms with Gasteiger partial charge in [0.15, 0.2) is 0 Å². The molecule has 0 saturated carbocycles. The number of piperazine rings is 1. The second-order valence-electron chi connectivity index (χ2n) is 15.3. The summed E-state index contributed by atoms with van der Waals surface area (Å²) in [4.78, 5) is 52.4. The van der Waals surface area contributed by atoms with Crippen molar-refractivity contribution >= 4 is 62.1 Å². The van der Waals surface area contributed by atoms with Crippen LogP contribution < -0.4 is 0 Å². The minimum Gasteiger partial charge on any atom is -0.494 e. The molecule has 0 aliphatic carbocycles. The van der Waals surface area contributed by atoms with Crippen molar-refractivity contribution in [1.82, 2.24) is 23.8 Å². The molecule has 14 heteroatoms. The highest BCUT2D eigenvalue weighted by Gasteiger charge is 2.36. The van der Waals surface area contributed by atoms with Crippen molar-refractivity contribution in [3.63, 3.8) is 0 Å². The van der Waals surface area contributed by atoms with Gasteiger partial charge in [-0.05, 0) is 36.4 Å². The van der Waals surface area contributed by atoms with Crippen LogP contribution in [-0.2, 0) is 18.1 Å². The van der Waals surface area contributed by atoms with Crippen molar-refractivity contribution in [2.24, 2.45) is 9.98 Å². The number of aliphatic imine (C=N–C) groups is 2. The number of fused-ring (bicyclic) bond motifs is 4. The van der Waals surface area contributed by atoms with Gasteiger partial charge in [0.2, 0.25) is 29.2 Å². The number of aromatic hydroxyl groups is 2. The average molecular weight is 798 g/mol. The number of amides is 1. The number of benzene rings is 4. The van der Waals surface area contributed by atoms with Crippen LogP contribution in [0.1, 0.15) is 51.6 Å². The predicted molar refractivity (Wildman–Crippen MR) is 221 cm³/mol. The Kier molecular flexibility index (Phi) is 9.68. The molecule has 0 spiro atoms. The lowest BCUT2D eigenvalue weighted by Crippen LogP contribution is -2.48. The summed E-state index contributed by atoms with van der Waals surface area (Å²) < 4.78 is 30.5. The highest BCUT2D eigenvalue weighted by atomic mass is 19.3. The summed E-state index contributed by atoms with van der Waals surface area (Å²) >= 11 is 0. The van der Waals surface area contributed by atoms with E-state index in [2.05, 4.69) is 14.9 Å². The lowest BCUT2D eigenvalue weighted by Gasteiger charge is -2.34. The molecule has 1 amide bonds. The molecule has 2 N–H and O–H groups in total. The molecule has 2 fully saturated rings. The van der Waals surface area contributed by atoms with Crippen LogP contribution in [0.25, 0.3) is 21.8 Å². The molecule has 0 bridgehead atoms. The molecule has 6 aromatic rings. The third-order valence-electron chi connectivity index (χ3n) is 11.6. The highest BCUT2D eigenvalue weighted by molar-refractivity contribution is 6.57. The van der Waals surface area contributed by atoms with Crippen LogP contribution in [-0.4, -0.2) is 108 Å². The Bertz CT molecular complexity index is 2730. The zero-order valence-electron chi connectivity index (χ0n) is 32.3. The van der Waals surface area contributed by atoms with Crippen LogP contribution in [0.2, 0.25) is 0 Å². The number of likely N-dealkylation sites (tertiary alicyclic amines) is 1. The summed E-state index contributed by atoms with van der Waals surface area (Å²) in [5, 5.41) is 23.8. The molecular weight excluding hydrogens is 757 g/mol. The van der Waals surface area contributed by atoms with Gasteiger partial charge in [-0.3, -0.25) is 33.3 Å². The fourth-order valence-corrected chi connectivity index (χ4v) is 8.42. The largest absolute Gasteiger partial charge is 0.494 e. The zero-order valence-corrected chi connectivity index (χ0v) is 32.3. The number of Topliss-reactive ketones (excluding diaryl/α,β-unsaturated/α-hetero) is 2. The Morgan fingerprint density at radius 3 is 1.46 bits per heavy atom. The molecule has 4 aromatic carbocycles. The van der Waals surface area contributed by atoms with Crippen molar-refractivity contribution in [3.05, 3.63) is 119 Å². The first-order valence-corrected chi connectivity index (χ1v) is 19.6. The summed E-state index contributed by atoms with van der Waals surface area (Å²) in [6.45, 7) is 5.64. The van der Waals surface area contributed by atoms with Gasteiger partial charge in [-0.15, -0.1) is 0 Å². The van der Waals surface area contributed by atoms with E-state index in [-0.39, 0.29) is 73.3 Å². The second kappa shape index (κ2) is 15.0. The van der Waals surface area contributed by atoms with Gasteiger partial charge in [0, 0.05) is 80.9 Å². The lowest BCUT2D eigenvalue weighted by molar-refractivity contribution is -0.130. The van der Waals surface area contributed by atoms with Crippen LogP contribution in [0.3, 0.4) is 0 Å². The van der Waals surface area contributed by atoms with Gasteiger partial charge in [0.05, 0.1) is 46.9 Å². The number of nitrogens with zero attached hydrogens (tertiary/aromatic N) is 7. The fraction of sp³-hybridized carbons (Fsp3) is 0.267. The highest BCUT2D eigenvalue weighted by Crippen LogP contribution is 2.39. The van der Waals surface area contributed by atoms with Gasteiger partial charge >= 0.3 is 0 Å². The number of rotatable bonds is 6. The standard InChI is InChI=1S/C23H22N4O3.C22H19F2N3O2/c1-15(28)26-12-10-25(11-13-26)14-27-19-9-5-3-7-17(19)20(23(27)30)21-22(29)16-6-2-4-8-18(16)24-21;23-22(24)9-11-26(12-10-22)13-27-17-8-4-2-6-15(17)18(21(27)29)19-20(28)14-5-1-3-7-16(14)25-19/h2-9,30H,10-14H2,1H3;1-8,29H,9-13H2. The number of alkyl halides is 2. The Morgan fingerprint density at radius 1 is 0.610 bits per heavy atom. The smallest absolute Gasteiger partial charge is 0.250 e. The molecule has 4 aliphatic rings. The van der Waals surface area contributed by atoms with E-state index >= 15 is 0 Å². The van der Waals surface area contributed by atoms with Gasteiger partial charge in [-0.25, -0.2) is 18.8 Å². The first-order chi connectivity index (χ1) is 28.5.